The fourth-order valence-electron chi connectivity index (χ4n) is 1.99. The lowest BCUT2D eigenvalue weighted by Gasteiger charge is -2.21. The van der Waals surface area contributed by atoms with Gasteiger partial charge in [0.1, 0.15) is 17.9 Å². The van der Waals surface area contributed by atoms with Crippen molar-refractivity contribution in [3.8, 4) is 5.75 Å². The van der Waals surface area contributed by atoms with Gasteiger partial charge in [0.05, 0.1) is 6.54 Å². The van der Waals surface area contributed by atoms with Gasteiger partial charge in [-0.3, -0.25) is 4.79 Å². The highest BCUT2D eigenvalue weighted by atomic mass is 35.5. The Morgan fingerprint density at radius 1 is 1.33 bits per heavy atom. The van der Waals surface area contributed by atoms with Gasteiger partial charge >= 0.3 is 18.1 Å². The summed E-state index contributed by atoms with van der Waals surface area (Å²) in [7, 11) is 0. The van der Waals surface area contributed by atoms with Crippen LogP contribution in [0.25, 0.3) is 0 Å². The number of alkyl halides is 3. The second-order valence-electron chi connectivity index (χ2n) is 4.32. The van der Waals surface area contributed by atoms with E-state index in [0.29, 0.717) is 4.90 Å². The van der Waals surface area contributed by atoms with Crippen molar-refractivity contribution in [3.05, 3.63) is 28.3 Å². The first-order valence-corrected chi connectivity index (χ1v) is 6.12. The number of amides is 1. The highest BCUT2D eigenvalue weighted by Crippen LogP contribution is 2.32. The first-order chi connectivity index (χ1) is 9.70. The van der Waals surface area contributed by atoms with Crippen LogP contribution >= 0.6 is 11.6 Å². The van der Waals surface area contributed by atoms with Gasteiger partial charge in [-0.15, -0.1) is 0 Å². The van der Waals surface area contributed by atoms with Crippen molar-refractivity contribution in [1.82, 2.24) is 4.90 Å². The number of aromatic carboxylic acids is 1. The molecule has 0 saturated carbocycles. The maximum Gasteiger partial charge on any atom is 0.471 e. The van der Waals surface area contributed by atoms with E-state index in [2.05, 4.69) is 0 Å². The Hall–Kier alpha value is -1.96. The van der Waals surface area contributed by atoms with Crippen LogP contribution in [0.5, 0.6) is 5.75 Å². The fourth-order valence-corrected chi connectivity index (χ4v) is 2.23. The molecule has 1 aromatic carbocycles. The van der Waals surface area contributed by atoms with Crippen LogP contribution in [0, 0.1) is 0 Å². The van der Waals surface area contributed by atoms with Crippen molar-refractivity contribution in [2.24, 2.45) is 0 Å². The van der Waals surface area contributed by atoms with Crippen LogP contribution < -0.4 is 4.74 Å². The first-order valence-electron chi connectivity index (χ1n) is 5.74. The van der Waals surface area contributed by atoms with Crippen molar-refractivity contribution >= 4 is 23.5 Å². The average Bonchev–Trinajstić information content (AvgIpc) is 2.57. The van der Waals surface area contributed by atoms with E-state index >= 15 is 0 Å². The lowest BCUT2D eigenvalue weighted by Crippen LogP contribution is -2.41. The van der Waals surface area contributed by atoms with E-state index in [1.165, 1.54) is 6.07 Å². The fraction of sp³-hybridized carbons (Fsp3) is 0.333. The Bertz CT molecular complexity index is 603. The largest absolute Gasteiger partial charge is 0.490 e. The van der Waals surface area contributed by atoms with E-state index in [0.717, 1.165) is 6.07 Å². The Kier molecular flexibility index (Phi) is 3.99. The molecule has 5 nitrogen and oxygen atoms in total. The van der Waals surface area contributed by atoms with E-state index in [9.17, 15) is 22.8 Å². The topological polar surface area (TPSA) is 66.8 Å². The van der Waals surface area contributed by atoms with E-state index < -0.39 is 24.6 Å². The summed E-state index contributed by atoms with van der Waals surface area (Å²) in [5.41, 5.74) is -0.131. The lowest BCUT2D eigenvalue weighted by atomic mass is 10.1. The molecule has 114 valence electrons. The summed E-state index contributed by atoms with van der Waals surface area (Å²) in [5, 5.41) is 9.10. The smallest absolute Gasteiger partial charge is 0.471 e. The van der Waals surface area contributed by atoms with Crippen LogP contribution in [-0.2, 0) is 11.3 Å². The van der Waals surface area contributed by atoms with Gasteiger partial charge in [-0.25, -0.2) is 4.79 Å². The molecule has 0 fully saturated rings. The Labute approximate surface area is 121 Å². The predicted octanol–water partition coefficient (Wildman–Crippen LogP) is 2.32. The molecule has 0 radical (unpaired) electrons. The molecule has 21 heavy (non-hydrogen) atoms. The Balaban J connectivity index is 2.41. The molecule has 0 atom stereocenters. The third-order valence-electron chi connectivity index (χ3n) is 2.86. The number of halogens is 4. The molecule has 0 saturated heterocycles. The van der Waals surface area contributed by atoms with Crippen LogP contribution in [0.15, 0.2) is 12.1 Å². The second-order valence-corrected chi connectivity index (χ2v) is 4.76. The first kappa shape index (κ1) is 15.4. The van der Waals surface area contributed by atoms with Gasteiger partial charge in [-0.05, 0) is 12.1 Å². The van der Waals surface area contributed by atoms with E-state index in [-0.39, 0.29) is 35.1 Å². The van der Waals surface area contributed by atoms with Crippen molar-refractivity contribution in [1.29, 1.82) is 0 Å². The molecule has 0 unspecified atom stereocenters. The molecular weight excluding hydrogens is 315 g/mol. The number of nitrogens with zero attached hydrogens (tertiary/aromatic N) is 1. The average molecular weight is 324 g/mol. The zero-order valence-electron chi connectivity index (χ0n) is 10.4. The summed E-state index contributed by atoms with van der Waals surface area (Å²) in [5.74, 6) is -3.38. The lowest BCUT2D eigenvalue weighted by molar-refractivity contribution is -0.186. The third kappa shape index (κ3) is 3.21. The Morgan fingerprint density at radius 2 is 2.00 bits per heavy atom. The molecule has 0 bridgehead atoms. The van der Waals surface area contributed by atoms with Crippen molar-refractivity contribution < 1.29 is 32.6 Å². The minimum absolute atomic E-state index is 0.0380. The van der Waals surface area contributed by atoms with E-state index in [1.807, 2.05) is 0 Å². The van der Waals surface area contributed by atoms with E-state index in [1.54, 1.807) is 0 Å². The Morgan fingerprint density at radius 3 is 2.57 bits per heavy atom. The summed E-state index contributed by atoms with van der Waals surface area (Å²) >= 11 is 5.75. The minimum Gasteiger partial charge on any atom is -0.490 e. The van der Waals surface area contributed by atoms with Crippen molar-refractivity contribution in [2.45, 2.75) is 12.7 Å². The summed E-state index contributed by atoms with van der Waals surface area (Å²) in [4.78, 5) is 22.9. The molecule has 0 aliphatic carbocycles. The molecule has 0 spiro atoms. The van der Waals surface area contributed by atoms with Gasteiger partial charge in [0.2, 0.25) is 0 Å². The number of hydrogen-bond donors (Lipinski definition) is 1. The van der Waals surface area contributed by atoms with Gasteiger partial charge in [0.15, 0.2) is 0 Å². The van der Waals surface area contributed by atoms with Gasteiger partial charge in [-0.2, -0.15) is 13.2 Å². The highest BCUT2D eigenvalue weighted by molar-refractivity contribution is 6.31. The van der Waals surface area contributed by atoms with Crippen LogP contribution in [0.4, 0.5) is 13.2 Å². The maximum atomic E-state index is 12.5. The van der Waals surface area contributed by atoms with Gasteiger partial charge < -0.3 is 14.7 Å². The number of carboxylic acids is 1. The van der Waals surface area contributed by atoms with Gasteiger partial charge in [-0.1, -0.05) is 11.6 Å². The van der Waals surface area contributed by atoms with Gasteiger partial charge in [0.25, 0.3) is 0 Å². The normalized spacial score (nSPS) is 15.0. The third-order valence-corrected chi connectivity index (χ3v) is 3.08. The zero-order chi connectivity index (χ0) is 15.8. The second kappa shape index (κ2) is 5.44. The quantitative estimate of drug-likeness (QED) is 0.861. The molecule has 1 aliphatic heterocycles. The molecule has 9 heteroatoms. The van der Waals surface area contributed by atoms with Crippen LogP contribution in [0.1, 0.15) is 15.9 Å². The minimum atomic E-state index is -5.00. The summed E-state index contributed by atoms with van der Waals surface area (Å²) < 4.78 is 42.6. The molecule has 1 aromatic rings. The predicted molar refractivity (Wildman–Crippen MR) is 65.4 cm³/mol. The highest BCUT2D eigenvalue weighted by Gasteiger charge is 2.43. The number of rotatable bonds is 1. The zero-order valence-corrected chi connectivity index (χ0v) is 11.2. The SMILES string of the molecule is O=C(O)c1cc(Cl)cc2c1OCCN(C(=O)C(F)(F)F)C2. The number of carbonyl (C=O) groups is 2. The van der Waals surface area contributed by atoms with E-state index in [4.69, 9.17) is 21.4 Å². The molecule has 1 heterocycles. The van der Waals surface area contributed by atoms with Crippen LogP contribution in [-0.4, -0.2) is 41.2 Å². The molecule has 1 N–H and O–H groups in total. The number of carboxylic acid groups (broad SMARTS) is 1. The number of fused-ring (bicyclic) bond motifs is 1. The van der Waals surface area contributed by atoms with Crippen molar-refractivity contribution in [3.63, 3.8) is 0 Å². The number of benzene rings is 1. The molecule has 1 amide bonds. The number of ether oxygens (including phenoxy) is 1. The molecule has 0 aromatic heterocycles. The molecular formula is C12H9ClF3NO4. The van der Waals surface area contributed by atoms with Gasteiger partial charge in [0, 0.05) is 17.1 Å². The standard InChI is InChI=1S/C12H9ClF3NO4/c13-7-3-6-5-17(11(20)12(14,15)16)1-2-21-9(6)8(4-7)10(18)19/h3-4H,1-2,5H2,(H,18,19). The molecule has 1 aliphatic rings. The van der Waals surface area contributed by atoms with Crippen LogP contribution in [0.2, 0.25) is 5.02 Å². The summed E-state index contributed by atoms with van der Waals surface area (Å²) in [6, 6.07) is 2.43. The monoisotopic (exact) mass is 323 g/mol. The van der Waals surface area contributed by atoms with Crippen molar-refractivity contribution in [2.75, 3.05) is 13.2 Å². The van der Waals surface area contributed by atoms with Crippen LogP contribution in [0.3, 0.4) is 0 Å². The summed E-state index contributed by atoms with van der Waals surface area (Å²) in [6.07, 6.45) is -5.00. The number of hydrogen-bond acceptors (Lipinski definition) is 3. The summed E-state index contributed by atoms with van der Waals surface area (Å²) in [6.45, 7) is -0.963. The molecule has 2 rings (SSSR count). The maximum absolute atomic E-state index is 12.5. The number of carbonyl (C=O) groups excluding carboxylic acids is 1.